The van der Waals surface area contributed by atoms with Crippen molar-refractivity contribution < 1.29 is 4.74 Å². The van der Waals surface area contributed by atoms with Crippen LogP contribution in [0.25, 0.3) is 0 Å². The number of hydrogen-bond donors (Lipinski definition) is 1. The Morgan fingerprint density at radius 3 is 2.81 bits per heavy atom. The molecule has 0 saturated heterocycles. The van der Waals surface area contributed by atoms with Crippen LogP contribution in [0.1, 0.15) is 41.6 Å². The van der Waals surface area contributed by atoms with Crippen LogP contribution in [0.3, 0.4) is 0 Å². The van der Waals surface area contributed by atoms with E-state index in [0.29, 0.717) is 12.1 Å². The molecule has 0 spiro atoms. The van der Waals surface area contributed by atoms with Gasteiger partial charge < -0.3 is 10.1 Å². The molecule has 3 heteroatoms. The molecule has 0 bridgehead atoms. The Kier molecular flexibility index (Phi) is 3.36. The van der Waals surface area contributed by atoms with Gasteiger partial charge in [0.05, 0.1) is 6.61 Å². The van der Waals surface area contributed by atoms with E-state index in [-0.39, 0.29) is 0 Å². The van der Waals surface area contributed by atoms with Crippen LogP contribution in [-0.4, -0.2) is 6.61 Å². The second-order valence-electron chi connectivity index (χ2n) is 5.83. The molecule has 0 amide bonds. The molecule has 2 nitrogen and oxygen atoms in total. The van der Waals surface area contributed by atoms with E-state index < -0.39 is 0 Å². The van der Waals surface area contributed by atoms with E-state index >= 15 is 0 Å². The molecule has 2 aromatic rings. The zero-order chi connectivity index (χ0) is 14.2. The van der Waals surface area contributed by atoms with E-state index in [0.717, 1.165) is 36.6 Å². The van der Waals surface area contributed by atoms with Crippen molar-refractivity contribution in [2.45, 2.75) is 31.3 Å². The Labute approximate surface area is 130 Å². The zero-order valence-corrected chi connectivity index (χ0v) is 12.6. The Morgan fingerprint density at radius 2 is 1.86 bits per heavy atom. The summed E-state index contributed by atoms with van der Waals surface area (Å²) >= 11 is 6.09. The lowest BCUT2D eigenvalue weighted by molar-refractivity contribution is 0.244. The highest BCUT2D eigenvalue weighted by Gasteiger charge is 2.28. The molecule has 0 aromatic heterocycles. The number of halogens is 1. The first-order valence-electron chi connectivity index (χ1n) is 7.57. The fourth-order valence-corrected chi connectivity index (χ4v) is 3.71. The van der Waals surface area contributed by atoms with E-state index in [4.69, 9.17) is 16.3 Å². The predicted octanol–water partition coefficient (Wildman–Crippen LogP) is 4.44. The molecule has 1 aliphatic heterocycles. The SMILES string of the molecule is Clc1ccc2c(c1)CCC2NC1CCOc2ccccc21. The standard InChI is InChI=1S/C18H18ClNO/c19-13-6-7-14-12(11-13)5-8-16(14)20-17-9-10-21-18-4-2-1-3-15(17)18/h1-4,6-7,11,16-17,20H,5,8-10H2. The third kappa shape index (κ3) is 2.43. The molecule has 2 atom stereocenters. The van der Waals surface area contributed by atoms with Gasteiger partial charge in [0.15, 0.2) is 0 Å². The molecule has 108 valence electrons. The quantitative estimate of drug-likeness (QED) is 0.885. The molecular formula is C18H18ClNO. The third-order valence-electron chi connectivity index (χ3n) is 4.54. The van der Waals surface area contributed by atoms with Crippen molar-refractivity contribution in [1.29, 1.82) is 0 Å². The Balaban J connectivity index is 1.59. The van der Waals surface area contributed by atoms with Crippen LogP contribution in [0, 0.1) is 0 Å². The van der Waals surface area contributed by atoms with Gasteiger partial charge in [-0.15, -0.1) is 0 Å². The van der Waals surface area contributed by atoms with Crippen LogP contribution in [0.5, 0.6) is 5.75 Å². The summed E-state index contributed by atoms with van der Waals surface area (Å²) in [6.07, 6.45) is 3.28. The molecule has 1 N–H and O–H groups in total. The molecule has 0 fully saturated rings. The average molecular weight is 300 g/mol. The first-order valence-corrected chi connectivity index (χ1v) is 7.95. The highest BCUT2D eigenvalue weighted by atomic mass is 35.5. The summed E-state index contributed by atoms with van der Waals surface area (Å²) in [5.74, 6) is 1.02. The maximum absolute atomic E-state index is 6.09. The third-order valence-corrected chi connectivity index (χ3v) is 4.78. The number of nitrogens with one attached hydrogen (secondary N) is 1. The summed E-state index contributed by atoms with van der Waals surface area (Å²) in [6, 6.07) is 15.4. The molecule has 2 aromatic carbocycles. The molecule has 2 aliphatic rings. The maximum atomic E-state index is 6.09. The van der Waals surface area contributed by atoms with Gasteiger partial charge in [-0.3, -0.25) is 0 Å². The topological polar surface area (TPSA) is 21.3 Å². The monoisotopic (exact) mass is 299 g/mol. The van der Waals surface area contributed by atoms with Gasteiger partial charge in [-0.05, 0) is 42.2 Å². The first kappa shape index (κ1) is 13.2. The smallest absolute Gasteiger partial charge is 0.124 e. The van der Waals surface area contributed by atoms with Crippen molar-refractivity contribution in [3.05, 3.63) is 64.2 Å². The van der Waals surface area contributed by atoms with Gasteiger partial charge in [-0.2, -0.15) is 0 Å². The highest BCUT2D eigenvalue weighted by Crippen LogP contribution is 2.38. The minimum atomic E-state index is 0.376. The van der Waals surface area contributed by atoms with Gasteiger partial charge >= 0.3 is 0 Å². The first-order chi connectivity index (χ1) is 10.3. The lowest BCUT2D eigenvalue weighted by atomic mass is 9.98. The van der Waals surface area contributed by atoms with Crippen molar-refractivity contribution in [3.8, 4) is 5.75 Å². The van der Waals surface area contributed by atoms with Crippen molar-refractivity contribution in [3.63, 3.8) is 0 Å². The number of aryl methyl sites for hydroxylation is 1. The number of rotatable bonds is 2. The van der Waals surface area contributed by atoms with E-state index in [2.05, 4.69) is 35.6 Å². The van der Waals surface area contributed by atoms with Gasteiger partial charge in [0, 0.05) is 29.1 Å². The van der Waals surface area contributed by atoms with E-state index in [1.807, 2.05) is 12.1 Å². The van der Waals surface area contributed by atoms with Crippen LogP contribution in [0.15, 0.2) is 42.5 Å². The van der Waals surface area contributed by atoms with Crippen LogP contribution < -0.4 is 10.1 Å². The Hall–Kier alpha value is -1.51. The number of hydrogen-bond acceptors (Lipinski definition) is 2. The molecule has 1 aliphatic carbocycles. The Morgan fingerprint density at radius 1 is 1.00 bits per heavy atom. The predicted molar refractivity (Wildman–Crippen MR) is 84.9 cm³/mol. The van der Waals surface area contributed by atoms with Crippen molar-refractivity contribution in [2.75, 3.05) is 6.61 Å². The fraction of sp³-hybridized carbons (Fsp3) is 0.333. The molecule has 1 heterocycles. The summed E-state index contributed by atoms with van der Waals surface area (Å²) in [6.45, 7) is 0.787. The Bertz CT molecular complexity index is 670. The van der Waals surface area contributed by atoms with Crippen molar-refractivity contribution >= 4 is 11.6 Å². The van der Waals surface area contributed by atoms with Gasteiger partial charge in [-0.25, -0.2) is 0 Å². The van der Waals surface area contributed by atoms with Crippen LogP contribution in [0.4, 0.5) is 0 Å². The lowest BCUT2D eigenvalue weighted by Gasteiger charge is -2.29. The minimum absolute atomic E-state index is 0.376. The maximum Gasteiger partial charge on any atom is 0.124 e. The summed E-state index contributed by atoms with van der Waals surface area (Å²) in [5.41, 5.74) is 4.08. The van der Waals surface area contributed by atoms with Crippen molar-refractivity contribution in [1.82, 2.24) is 5.32 Å². The van der Waals surface area contributed by atoms with Gasteiger partial charge in [0.1, 0.15) is 5.75 Å². The normalized spacial score (nSPS) is 23.3. The van der Waals surface area contributed by atoms with E-state index in [1.165, 1.54) is 16.7 Å². The number of para-hydroxylation sites is 1. The van der Waals surface area contributed by atoms with Crippen LogP contribution in [0.2, 0.25) is 5.02 Å². The summed E-state index contributed by atoms with van der Waals surface area (Å²) in [4.78, 5) is 0. The molecule has 2 unspecified atom stereocenters. The van der Waals surface area contributed by atoms with Gasteiger partial charge in [0.2, 0.25) is 0 Å². The number of benzene rings is 2. The molecule has 4 rings (SSSR count). The molecule has 0 radical (unpaired) electrons. The van der Waals surface area contributed by atoms with Gasteiger partial charge in [0.25, 0.3) is 0 Å². The van der Waals surface area contributed by atoms with Gasteiger partial charge in [-0.1, -0.05) is 35.9 Å². The van der Waals surface area contributed by atoms with Crippen LogP contribution >= 0.6 is 11.6 Å². The summed E-state index contributed by atoms with van der Waals surface area (Å²) in [5, 5.41) is 4.67. The zero-order valence-electron chi connectivity index (χ0n) is 11.8. The second kappa shape index (κ2) is 5.36. The van der Waals surface area contributed by atoms with E-state index in [9.17, 15) is 0 Å². The number of ether oxygens (including phenoxy) is 1. The highest BCUT2D eigenvalue weighted by molar-refractivity contribution is 6.30. The van der Waals surface area contributed by atoms with E-state index in [1.54, 1.807) is 0 Å². The number of fused-ring (bicyclic) bond motifs is 2. The lowest BCUT2D eigenvalue weighted by Crippen LogP contribution is -2.29. The second-order valence-corrected chi connectivity index (χ2v) is 6.27. The summed E-state index contributed by atoms with van der Waals surface area (Å²) in [7, 11) is 0. The molecule has 21 heavy (non-hydrogen) atoms. The van der Waals surface area contributed by atoms with Crippen molar-refractivity contribution in [2.24, 2.45) is 0 Å². The average Bonchev–Trinajstić information content (AvgIpc) is 2.90. The molecule has 0 saturated carbocycles. The summed E-state index contributed by atoms with van der Waals surface area (Å²) < 4.78 is 5.75. The molecular weight excluding hydrogens is 282 g/mol. The van der Waals surface area contributed by atoms with Crippen LogP contribution in [-0.2, 0) is 6.42 Å². The fourth-order valence-electron chi connectivity index (χ4n) is 3.52. The largest absolute Gasteiger partial charge is 0.493 e. The minimum Gasteiger partial charge on any atom is -0.493 e.